The van der Waals surface area contributed by atoms with Crippen LogP contribution in [0.4, 0.5) is 0 Å². The lowest BCUT2D eigenvalue weighted by atomic mass is 10.2. The Morgan fingerprint density at radius 3 is 2.88 bits per heavy atom. The number of carbonyl (C=O) groups is 1. The fraction of sp³-hybridized carbons (Fsp3) is 0.0833. The quantitative estimate of drug-likeness (QED) is 0.896. The second kappa shape index (κ2) is 5.38. The molecule has 0 radical (unpaired) electrons. The van der Waals surface area contributed by atoms with Crippen LogP contribution in [0.15, 0.2) is 41.1 Å². The number of H-pyrrole nitrogens is 1. The number of aromatic amines is 1. The van der Waals surface area contributed by atoms with Crippen LogP contribution in [0.2, 0.25) is 5.02 Å². The van der Waals surface area contributed by atoms with Crippen LogP contribution >= 0.6 is 27.5 Å². The van der Waals surface area contributed by atoms with Crippen molar-refractivity contribution in [1.29, 1.82) is 0 Å². The molecule has 2 aromatic rings. The topological polar surface area (TPSA) is 44.9 Å². The summed E-state index contributed by atoms with van der Waals surface area (Å²) in [5.41, 5.74) is 1.60. The van der Waals surface area contributed by atoms with Gasteiger partial charge in [-0.15, -0.1) is 0 Å². The van der Waals surface area contributed by atoms with Gasteiger partial charge in [0, 0.05) is 28.4 Å². The fourth-order valence-electron chi connectivity index (χ4n) is 1.42. The molecule has 0 bridgehead atoms. The van der Waals surface area contributed by atoms with Crippen LogP contribution in [0.5, 0.6) is 0 Å². The molecule has 0 saturated heterocycles. The molecule has 1 aromatic heterocycles. The molecule has 0 unspecified atom stereocenters. The van der Waals surface area contributed by atoms with E-state index >= 15 is 0 Å². The monoisotopic (exact) mass is 312 g/mol. The molecule has 0 fully saturated rings. The van der Waals surface area contributed by atoms with Crippen LogP contribution in [-0.4, -0.2) is 10.9 Å². The SMILES string of the molecule is O=C(NCc1cc[nH]c1)c1ccc(Cl)cc1Br. The van der Waals surface area contributed by atoms with Gasteiger partial charge in [-0.3, -0.25) is 4.79 Å². The van der Waals surface area contributed by atoms with Crippen molar-refractivity contribution in [2.24, 2.45) is 0 Å². The van der Waals surface area contributed by atoms with E-state index in [4.69, 9.17) is 11.6 Å². The predicted octanol–water partition coefficient (Wildman–Crippen LogP) is 3.36. The molecule has 2 N–H and O–H groups in total. The Hall–Kier alpha value is -1.26. The second-order valence-electron chi connectivity index (χ2n) is 3.53. The summed E-state index contributed by atoms with van der Waals surface area (Å²) >= 11 is 9.13. The number of hydrogen-bond donors (Lipinski definition) is 2. The summed E-state index contributed by atoms with van der Waals surface area (Å²) in [7, 11) is 0. The number of rotatable bonds is 3. The standard InChI is InChI=1S/C12H10BrClN2O/c13-11-5-9(14)1-2-10(11)12(17)16-7-8-3-4-15-6-8/h1-6,15H,7H2,(H,16,17). The van der Waals surface area contributed by atoms with Crippen molar-refractivity contribution in [1.82, 2.24) is 10.3 Å². The van der Waals surface area contributed by atoms with Gasteiger partial charge in [-0.25, -0.2) is 0 Å². The number of benzene rings is 1. The Labute approximate surface area is 112 Å². The van der Waals surface area contributed by atoms with Crippen LogP contribution in [0, 0.1) is 0 Å². The minimum absolute atomic E-state index is 0.130. The van der Waals surface area contributed by atoms with Gasteiger partial charge in [0.05, 0.1) is 5.56 Å². The maximum atomic E-state index is 11.9. The summed E-state index contributed by atoms with van der Waals surface area (Å²) < 4.78 is 0.691. The molecule has 0 aliphatic heterocycles. The number of halogens is 2. The summed E-state index contributed by atoms with van der Waals surface area (Å²) in [6.45, 7) is 0.497. The van der Waals surface area contributed by atoms with Crippen molar-refractivity contribution >= 4 is 33.4 Å². The van der Waals surface area contributed by atoms with Crippen molar-refractivity contribution in [3.8, 4) is 0 Å². The molecule has 0 aliphatic carbocycles. The molecule has 17 heavy (non-hydrogen) atoms. The van der Waals surface area contributed by atoms with Gasteiger partial charge in [0.2, 0.25) is 0 Å². The Morgan fingerprint density at radius 2 is 2.24 bits per heavy atom. The fourth-order valence-corrected chi connectivity index (χ4v) is 2.28. The molecule has 3 nitrogen and oxygen atoms in total. The van der Waals surface area contributed by atoms with E-state index in [1.165, 1.54) is 0 Å². The van der Waals surface area contributed by atoms with Crippen LogP contribution < -0.4 is 5.32 Å². The largest absolute Gasteiger partial charge is 0.367 e. The third-order valence-corrected chi connectivity index (χ3v) is 3.18. The zero-order chi connectivity index (χ0) is 12.3. The molecule has 0 aliphatic rings. The normalized spacial score (nSPS) is 10.2. The highest BCUT2D eigenvalue weighted by atomic mass is 79.9. The third-order valence-electron chi connectivity index (χ3n) is 2.29. The molecule has 88 valence electrons. The van der Waals surface area contributed by atoms with E-state index in [9.17, 15) is 4.79 Å². The van der Waals surface area contributed by atoms with Gasteiger partial charge in [-0.05, 0) is 45.8 Å². The third kappa shape index (κ3) is 3.11. The molecule has 2 rings (SSSR count). The summed E-state index contributed by atoms with van der Waals surface area (Å²) in [6, 6.07) is 7.00. The minimum atomic E-state index is -0.130. The first-order valence-electron chi connectivity index (χ1n) is 5.02. The van der Waals surface area contributed by atoms with E-state index in [2.05, 4.69) is 26.2 Å². The maximum Gasteiger partial charge on any atom is 0.252 e. The van der Waals surface area contributed by atoms with Crippen molar-refractivity contribution in [3.63, 3.8) is 0 Å². The van der Waals surface area contributed by atoms with E-state index in [0.717, 1.165) is 5.56 Å². The molecule has 0 atom stereocenters. The number of hydrogen-bond acceptors (Lipinski definition) is 1. The van der Waals surface area contributed by atoms with Crippen molar-refractivity contribution < 1.29 is 4.79 Å². The highest BCUT2D eigenvalue weighted by Gasteiger charge is 2.09. The van der Waals surface area contributed by atoms with E-state index < -0.39 is 0 Å². The minimum Gasteiger partial charge on any atom is -0.367 e. The van der Waals surface area contributed by atoms with Gasteiger partial charge < -0.3 is 10.3 Å². The molecule has 1 aromatic carbocycles. The van der Waals surface area contributed by atoms with Crippen molar-refractivity contribution in [2.45, 2.75) is 6.54 Å². The lowest BCUT2D eigenvalue weighted by molar-refractivity contribution is 0.0950. The first-order chi connectivity index (χ1) is 8.16. The van der Waals surface area contributed by atoms with E-state index in [-0.39, 0.29) is 5.91 Å². The lowest BCUT2D eigenvalue weighted by Gasteiger charge is -2.06. The second-order valence-corrected chi connectivity index (χ2v) is 4.82. The van der Waals surface area contributed by atoms with Gasteiger partial charge >= 0.3 is 0 Å². The summed E-state index contributed by atoms with van der Waals surface area (Å²) in [4.78, 5) is 14.8. The average molecular weight is 314 g/mol. The smallest absolute Gasteiger partial charge is 0.252 e. The highest BCUT2D eigenvalue weighted by molar-refractivity contribution is 9.10. The van der Waals surface area contributed by atoms with E-state index in [1.54, 1.807) is 18.2 Å². The van der Waals surface area contributed by atoms with Gasteiger partial charge in [-0.2, -0.15) is 0 Å². The molecule has 0 saturated carbocycles. The molecule has 1 amide bonds. The van der Waals surface area contributed by atoms with Crippen LogP contribution in [0.3, 0.4) is 0 Å². The summed E-state index contributed by atoms with van der Waals surface area (Å²) in [5, 5.41) is 3.43. The average Bonchev–Trinajstić information content (AvgIpc) is 2.78. The lowest BCUT2D eigenvalue weighted by Crippen LogP contribution is -2.22. The molecule has 5 heteroatoms. The summed E-state index contributed by atoms with van der Waals surface area (Å²) in [6.07, 6.45) is 3.66. The maximum absolute atomic E-state index is 11.9. The molecular formula is C12H10BrClN2O. The van der Waals surface area contributed by atoms with Crippen LogP contribution in [0.1, 0.15) is 15.9 Å². The number of carbonyl (C=O) groups excluding carboxylic acids is 1. The zero-order valence-electron chi connectivity index (χ0n) is 8.84. The highest BCUT2D eigenvalue weighted by Crippen LogP contribution is 2.21. The van der Waals surface area contributed by atoms with Gasteiger partial charge in [-0.1, -0.05) is 11.6 Å². The number of nitrogens with one attached hydrogen (secondary N) is 2. The molecular weight excluding hydrogens is 304 g/mol. The predicted molar refractivity (Wildman–Crippen MR) is 71.1 cm³/mol. The first-order valence-corrected chi connectivity index (χ1v) is 6.19. The van der Waals surface area contributed by atoms with Crippen LogP contribution in [0.25, 0.3) is 0 Å². The Morgan fingerprint density at radius 1 is 1.41 bits per heavy atom. The Balaban J connectivity index is 2.04. The van der Waals surface area contributed by atoms with E-state index in [0.29, 0.717) is 21.6 Å². The molecule has 1 heterocycles. The first kappa shape index (κ1) is 12.2. The number of aromatic nitrogens is 1. The molecule has 0 spiro atoms. The van der Waals surface area contributed by atoms with Gasteiger partial charge in [0.15, 0.2) is 0 Å². The van der Waals surface area contributed by atoms with Crippen molar-refractivity contribution in [2.75, 3.05) is 0 Å². The van der Waals surface area contributed by atoms with E-state index in [1.807, 2.05) is 18.5 Å². The Kier molecular flexibility index (Phi) is 3.86. The van der Waals surface area contributed by atoms with Gasteiger partial charge in [0.1, 0.15) is 0 Å². The van der Waals surface area contributed by atoms with Gasteiger partial charge in [0.25, 0.3) is 5.91 Å². The number of amides is 1. The summed E-state index contributed by atoms with van der Waals surface area (Å²) in [5.74, 6) is -0.130. The Bertz CT molecular complexity index is 525. The zero-order valence-corrected chi connectivity index (χ0v) is 11.2. The van der Waals surface area contributed by atoms with Crippen LogP contribution in [-0.2, 0) is 6.54 Å². The van der Waals surface area contributed by atoms with Crippen molar-refractivity contribution in [3.05, 3.63) is 57.3 Å².